The number of nitrogens with zero attached hydrogens (tertiary/aromatic N) is 2. The minimum absolute atomic E-state index is 0.0224. The van der Waals surface area contributed by atoms with E-state index in [1.807, 2.05) is 4.90 Å². The van der Waals surface area contributed by atoms with Gasteiger partial charge in [-0.15, -0.1) is 0 Å². The average molecular weight is 412 g/mol. The lowest BCUT2D eigenvalue weighted by Crippen LogP contribution is -2.54. The third-order valence-electron chi connectivity index (χ3n) is 5.75. The van der Waals surface area contributed by atoms with E-state index in [-0.39, 0.29) is 23.8 Å². The Kier molecular flexibility index (Phi) is 6.64. The average Bonchev–Trinajstić information content (AvgIpc) is 3.20. The summed E-state index contributed by atoms with van der Waals surface area (Å²) in [7, 11) is 0. The number of halogens is 3. The summed E-state index contributed by atoms with van der Waals surface area (Å²) in [5.74, 6) is 0.332. The monoisotopic (exact) mass is 412 g/mol. The van der Waals surface area contributed by atoms with E-state index in [0.29, 0.717) is 31.7 Å². The SMILES string of the molecule is CC(=O)N[C@H](C(=O)NC1CCN(c2ccc(C(F)(F)F)cn2)CC1)C1CCCC1. The van der Waals surface area contributed by atoms with Gasteiger partial charge >= 0.3 is 6.18 Å². The lowest BCUT2D eigenvalue weighted by atomic mass is 9.96. The van der Waals surface area contributed by atoms with Crippen molar-refractivity contribution in [2.24, 2.45) is 5.92 Å². The number of pyridine rings is 1. The van der Waals surface area contributed by atoms with Crippen molar-refractivity contribution in [3.63, 3.8) is 0 Å². The summed E-state index contributed by atoms with van der Waals surface area (Å²) in [6, 6.07) is 1.90. The van der Waals surface area contributed by atoms with Crippen molar-refractivity contribution < 1.29 is 22.8 Å². The van der Waals surface area contributed by atoms with Crippen LogP contribution in [-0.2, 0) is 15.8 Å². The topological polar surface area (TPSA) is 74.3 Å². The first-order valence-corrected chi connectivity index (χ1v) is 10.1. The molecule has 0 unspecified atom stereocenters. The summed E-state index contributed by atoms with van der Waals surface area (Å²) >= 11 is 0. The quantitative estimate of drug-likeness (QED) is 0.780. The normalized spacial score (nSPS) is 19.8. The van der Waals surface area contributed by atoms with E-state index in [4.69, 9.17) is 0 Å². The molecule has 1 aliphatic carbocycles. The molecule has 1 aromatic rings. The maximum absolute atomic E-state index is 12.8. The molecule has 1 saturated heterocycles. The van der Waals surface area contributed by atoms with Gasteiger partial charge < -0.3 is 15.5 Å². The van der Waals surface area contributed by atoms with Crippen molar-refractivity contribution in [2.75, 3.05) is 18.0 Å². The van der Waals surface area contributed by atoms with Crippen molar-refractivity contribution in [1.29, 1.82) is 0 Å². The molecule has 1 aromatic heterocycles. The van der Waals surface area contributed by atoms with Crippen LogP contribution in [0.1, 0.15) is 51.0 Å². The van der Waals surface area contributed by atoms with E-state index < -0.39 is 17.8 Å². The fraction of sp³-hybridized carbons (Fsp3) is 0.650. The number of aromatic nitrogens is 1. The molecule has 3 rings (SSSR count). The molecule has 6 nitrogen and oxygen atoms in total. The van der Waals surface area contributed by atoms with E-state index in [0.717, 1.165) is 37.9 Å². The largest absolute Gasteiger partial charge is 0.417 e. The predicted molar refractivity (Wildman–Crippen MR) is 102 cm³/mol. The van der Waals surface area contributed by atoms with Crippen molar-refractivity contribution in [3.8, 4) is 0 Å². The van der Waals surface area contributed by atoms with E-state index in [1.54, 1.807) is 0 Å². The van der Waals surface area contributed by atoms with Crippen molar-refractivity contribution in [2.45, 2.75) is 63.7 Å². The van der Waals surface area contributed by atoms with Crippen LogP contribution in [0.4, 0.5) is 19.0 Å². The summed E-state index contributed by atoms with van der Waals surface area (Å²) < 4.78 is 38.0. The number of hydrogen-bond donors (Lipinski definition) is 2. The van der Waals surface area contributed by atoms with Crippen LogP contribution in [-0.4, -0.2) is 42.0 Å². The molecule has 1 aliphatic heterocycles. The lowest BCUT2D eigenvalue weighted by molar-refractivity contribution is -0.137. The molecule has 29 heavy (non-hydrogen) atoms. The molecule has 2 amide bonds. The van der Waals surface area contributed by atoms with Gasteiger partial charge in [-0.3, -0.25) is 9.59 Å². The number of anilines is 1. The molecule has 2 fully saturated rings. The van der Waals surface area contributed by atoms with Crippen LogP contribution in [0.2, 0.25) is 0 Å². The zero-order chi connectivity index (χ0) is 21.0. The second-order valence-corrected chi connectivity index (χ2v) is 7.90. The maximum atomic E-state index is 12.8. The van der Waals surface area contributed by atoms with Gasteiger partial charge in [0.1, 0.15) is 11.9 Å². The Labute approximate surface area is 168 Å². The van der Waals surface area contributed by atoms with Crippen molar-refractivity contribution >= 4 is 17.6 Å². The first kappa shape index (κ1) is 21.4. The smallest absolute Gasteiger partial charge is 0.356 e. The molecule has 1 saturated carbocycles. The van der Waals surface area contributed by atoms with E-state index >= 15 is 0 Å². The summed E-state index contributed by atoms with van der Waals surface area (Å²) in [6.07, 6.45) is 1.83. The Bertz CT molecular complexity index is 709. The summed E-state index contributed by atoms with van der Waals surface area (Å²) in [5.41, 5.74) is -0.765. The second kappa shape index (κ2) is 9.00. The Hall–Kier alpha value is -2.32. The predicted octanol–water partition coefficient (Wildman–Crippen LogP) is 2.88. The molecule has 0 radical (unpaired) electrons. The number of hydrogen-bond acceptors (Lipinski definition) is 4. The molecule has 0 bridgehead atoms. The highest BCUT2D eigenvalue weighted by molar-refractivity contribution is 5.87. The Morgan fingerprint density at radius 1 is 1.14 bits per heavy atom. The summed E-state index contributed by atoms with van der Waals surface area (Å²) in [4.78, 5) is 30.1. The number of carbonyl (C=O) groups is 2. The Morgan fingerprint density at radius 3 is 2.31 bits per heavy atom. The fourth-order valence-corrected chi connectivity index (χ4v) is 4.19. The molecule has 160 valence electrons. The van der Waals surface area contributed by atoms with Gasteiger partial charge in [0.2, 0.25) is 11.8 Å². The van der Waals surface area contributed by atoms with Crippen LogP contribution in [0.15, 0.2) is 18.3 Å². The first-order valence-electron chi connectivity index (χ1n) is 10.1. The van der Waals surface area contributed by atoms with Crippen LogP contribution < -0.4 is 15.5 Å². The van der Waals surface area contributed by atoms with Gasteiger partial charge in [0, 0.05) is 32.3 Å². The van der Waals surface area contributed by atoms with E-state index in [9.17, 15) is 22.8 Å². The van der Waals surface area contributed by atoms with Crippen LogP contribution >= 0.6 is 0 Å². The van der Waals surface area contributed by atoms with Gasteiger partial charge in [-0.05, 0) is 43.7 Å². The molecule has 0 spiro atoms. The van der Waals surface area contributed by atoms with Gasteiger partial charge in [-0.1, -0.05) is 12.8 Å². The number of carbonyl (C=O) groups excluding carboxylic acids is 2. The molecule has 0 aromatic carbocycles. The third kappa shape index (κ3) is 5.61. The zero-order valence-electron chi connectivity index (χ0n) is 16.5. The highest BCUT2D eigenvalue weighted by Gasteiger charge is 2.33. The van der Waals surface area contributed by atoms with Gasteiger partial charge in [0.05, 0.1) is 5.56 Å². The Morgan fingerprint density at radius 2 is 1.79 bits per heavy atom. The van der Waals surface area contributed by atoms with Crippen LogP contribution in [0, 0.1) is 5.92 Å². The maximum Gasteiger partial charge on any atom is 0.417 e. The van der Waals surface area contributed by atoms with E-state index in [1.165, 1.54) is 13.0 Å². The minimum Gasteiger partial charge on any atom is -0.356 e. The van der Waals surface area contributed by atoms with E-state index in [2.05, 4.69) is 15.6 Å². The third-order valence-corrected chi connectivity index (χ3v) is 5.75. The van der Waals surface area contributed by atoms with Crippen LogP contribution in [0.3, 0.4) is 0 Å². The standard InChI is InChI=1S/C20H27F3N4O2/c1-13(28)25-18(14-4-2-3-5-14)19(29)26-16-8-10-27(11-9-16)17-7-6-15(12-24-17)20(21,22)23/h6-7,12,14,16,18H,2-5,8-11H2,1H3,(H,25,28)(H,26,29)/t18-/m0/s1. The van der Waals surface area contributed by atoms with Gasteiger partial charge in [-0.25, -0.2) is 4.98 Å². The number of alkyl halides is 3. The molecule has 2 aliphatic rings. The molecule has 2 N–H and O–H groups in total. The fourth-order valence-electron chi connectivity index (χ4n) is 4.19. The van der Waals surface area contributed by atoms with Crippen molar-refractivity contribution in [1.82, 2.24) is 15.6 Å². The Balaban J connectivity index is 1.53. The van der Waals surface area contributed by atoms with Crippen LogP contribution in [0.5, 0.6) is 0 Å². The number of piperidine rings is 1. The second-order valence-electron chi connectivity index (χ2n) is 7.90. The highest BCUT2D eigenvalue weighted by Crippen LogP contribution is 2.30. The molecule has 9 heteroatoms. The number of nitrogens with one attached hydrogen (secondary N) is 2. The molecular weight excluding hydrogens is 385 g/mol. The van der Waals surface area contributed by atoms with Crippen molar-refractivity contribution in [3.05, 3.63) is 23.9 Å². The number of amides is 2. The highest BCUT2D eigenvalue weighted by atomic mass is 19.4. The van der Waals surface area contributed by atoms with Crippen LogP contribution in [0.25, 0.3) is 0 Å². The number of rotatable bonds is 5. The lowest BCUT2D eigenvalue weighted by Gasteiger charge is -2.34. The van der Waals surface area contributed by atoms with Gasteiger partial charge in [-0.2, -0.15) is 13.2 Å². The molecule has 1 atom stereocenters. The first-order chi connectivity index (χ1) is 13.7. The summed E-state index contributed by atoms with van der Waals surface area (Å²) in [5, 5.41) is 5.85. The van der Waals surface area contributed by atoms with Gasteiger partial charge in [0.15, 0.2) is 0 Å². The minimum atomic E-state index is -4.40. The van der Waals surface area contributed by atoms with Gasteiger partial charge in [0.25, 0.3) is 0 Å². The summed E-state index contributed by atoms with van der Waals surface area (Å²) in [6.45, 7) is 2.61. The zero-order valence-corrected chi connectivity index (χ0v) is 16.5. The molecular formula is C20H27F3N4O2. The molecule has 2 heterocycles.